The molecule has 1 fully saturated rings. The molecule has 126 valence electrons. The summed E-state index contributed by atoms with van der Waals surface area (Å²) in [5.74, 6) is -0.240. The SMILES string of the molecule is CCOc1ccc(N2C(=O)CS(=O)(=O)C2c2cccc(Br)c2)cc1. The number of benzene rings is 2. The molecule has 1 atom stereocenters. The lowest BCUT2D eigenvalue weighted by molar-refractivity contribution is -0.115. The van der Waals surface area contributed by atoms with Crippen molar-refractivity contribution in [3.05, 3.63) is 58.6 Å². The van der Waals surface area contributed by atoms with Crippen molar-refractivity contribution in [3.63, 3.8) is 0 Å². The summed E-state index contributed by atoms with van der Waals surface area (Å²) in [7, 11) is -3.60. The van der Waals surface area contributed by atoms with Gasteiger partial charge < -0.3 is 4.74 Å². The first kappa shape index (κ1) is 17.0. The molecule has 2 aromatic rings. The fourth-order valence-corrected chi connectivity index (χ4v) is 4.96. The number of halogens is 1. The van der Waals surface area contributed by atoms with Crippen molar-refractivity contribution in [2.24, 2.45) is 0 Å². The summed E-state index contributed by atoms with van der Waals surface area (Å²) in [6.45, 7) is 2.42. The van der Waals surface area contributed by atoms with Gasteiger partial charge in [-0.25, -0.2) is 8.42 Å². The molecule has 3 rings (SSSR count). The largest absolute Gasteiger partial charge is 0.494 e. The third-order valence-electron chi connectivity index (χ3n) is 3.73. The smallest absolute Gasteiger partial charge is 0.243 e. The van der Waals surface area contributed by atoms with E-state index >= 15 is 0 Å². The van der Waals surface area contributed by atoms with Gasteiger partial charge in [-0.05, 0) is 48.9 Å². The molecule has 0 bridgehead atoms. The standard InChI is InChI=1S/C17H16BrNO4S/c1-2-23-15-8-6-14(7-9-15)19-16(20)11-24(21,22)17(19)12-4-3-5-13(18)10-12/h3-10,17H,2,11H2,1H3. The molecule has 0 aliphatic carbocycles. The van der Waals surface area contributed by atoms with E-state index in [0.717, 1.165) is 4.47 Å². The van der Waals surface area contributed by atoms with Crippen LogP contribution in [0.4, 0.5) is 5.69 Å². The maximum Gasteiger partial charge on any atom is 0.243 e. The second kappa shape index (κ2) is 6.57. The third kappa shape index (κ3) is 3.18. The van der Waals surface area contributed by atoms with Crippen molar-refractivity contribution in [1.29, 1.82) is 0 Å². The lowest BCUT2D eigenvalue weighted by atomic mass is 10.2. The molecule has 0 spiro atoms. The average Bonchev–Trinajstić information content (AvgIpc) is 2.77. The van der Waals surface area contributed by atoms with Gasteiger partial charge in [-0.1, -0.05) is 28.1 Å². The fourth-order valence-electron chi connectivity index (χ4n) is 2.78. The average molecular weight is 410 g/mol. The van der Waals surface area contributed by atoms with Crippen LogP contribution in [0.15, 0.2) is 53.0 Å². The van der Waals surface area contributed by atoms with Crippen LogP contribution in [-0.4, -0.2) is 26.7 Å². The number of nitrogens with zero attached hydrogens (tertiary/aromatic N) is 1. The molecule has 24 heavy (non-hydrogen) atoms. The first-order valence-corrected chi connectivity index (χ1v) is 9.95. The third-order valence-corrected chi connectivity index (χ3v) is 6.03. The summed E-state index contributed by atoms with van der Waals surface area (Å²) in [4.78, 5) is 13.7. The molecule has 0 radical (unpaired) electrons. The second-order valence-electron chi connectivity index (χ2n) is 5.41. The van der Waals surface area contributed by atoms with Gasteiger partial charge in [-0.2, -0.15) is 0 Å². The van der Waals surface area contributed by atoms with Crippen LogP contribution in [-0.2, 0) is 14.6 Å². The number of carbonyl (C=O) groups is 1. The minimum atomic E-state index is -3.60. The highest BCUT2D eigenvalue weighted by Crippen LogP contribution is 2.38. The molecule has 1 heterocycles. The van der Waals surface area contributed by atoms with E-state index in [0.29, 0.717) is 23.6 Å². The quantitative estimate of drug-likeness (QED) is 0.776. The van der Waals surface area contributed by atoms with Crippen molar-refractivity contribution in [3.8, 4) is 5.75 Å². The zero-order chi connectivity index (χ0) is 17.3. The van der Waals surface area contributed by atoms with Crippen molar-refractivity contribution in [1.82, 2.24) is 0 Å². The molecule has 1 unspecified atom stereocenters. The Morgan fingerprint density at radius 2 is 1.92 bits per heavy atom. The summed E-state index contributed by atoms with van der Waals surface area (Å²) in [6.07, 6.45) is 0. The summed E-state index contributed by atoms with van der Waals surface area (Å²) < 4.78 is 31.2. The lowest BCUT2D eigenvalue weighted by Gasteiger charge is -2.24. The number of amides is 1. The molecule has 7 heteroatoms. The molecule has 1 aliphatic heterocycles. The molecule has 0 saturated carbocycles. The molecular formula is C17H16BrNO4S. The molecule has 0 aromatic heterocycles. The maximum absolute atomic E-state index is 12.5. The summed E-state index contributed by atoms with van der Waals surface area (Å²) in [6, 6.07) is 13.9. The Morgan fingerprint density at radius 3 is 2.54 bits per heavy atom. The van der Waals surface area contributed by atoms with Crippen LogP contribution in [0.25, 0.3) is 0 Å². The Hall–Kier alpha value is -1.86. The van der Waals surface area contributed by atoms with Crippen LogP contribution in [0.1, 0.15) is 17.9 Å². The molecule has 1 aliphatic rings. The Bertz CT molecular complexity index is 864. The molecule has 2 aromatic carbocycles. The molecular weight excluding hydrogens is 394 g/mol. The Morgan fingerprint density at radius 1 is 1.21 bits per heavy atom. The van der Waals surface area contributed by atoms with E-state index in [1.165, 1.54) is 4.90 Å². The molecule has 5 nitrogen and oxygen atoms in total. The minimum Gasteiger partial charge on any atom is -0.494 e. The van der Waals surface area contributed by atoms with E-state index in [4.69, 9.17) is 4.74 Å². The van der Waals surface area contributed by atoms with Crippen LogP contribution in [0.5, 0.6) is 5.75 Å². The number of anilines is 1. The highest BCUT2D eigenvalue weighted by Gasteiger charge is 2.45. The first-order chi connectivity index (χ1) is 11.4. The van der Waals surface area contributed by atoms with Crippen LogP contribution < -0.4 is 9.64 Å². The van der Waals surface area contributed by atoms with Crippen molar-refractivity contribution < 1.29 is 17.9 Å². The zero-order valence-electron chi connectivity index (χ0n) is 13.0. The topological polar surface area (TPSA) is 63.7 Å². The summed E-state index contributed by atoms with van der Waals surface area (Å²) >= 11 is 3.35. The highest BCUT2D eigenvalue weighted by molar-refractivity contribution is 9.10. The van der Waals surface area contributed by atoms with E-state index in [1.807, 2.05) is 13.0 Å². The van der Waals surface area contributed by atoms with Crippen molar-refractivity contribution >= 4 is 37.4 Å². The monoisotopic (exact) mass is 409 g/mol. The van der Waals surface area contributed by atoms with Gasteiger partial charge in [0.15, 0.2) is 15.2 Å². The van der Waals surface area contributed by atoms with Gasteiger partial charge in [0.2, 0.25) is 5.91 Å². The van der Waals surface area contributed by atoms with Gasteiger partial charge in [0, 0.05) is 10.2 Å². The number of rotatable bonds is 4. The number of hydrogen-bond donors (Lipinski definition) is 0. The van der Waals surface area contributed by atoms with Crippen LogP contribution >= 0.6 is 15.9 Å². The van der Waals surface area contributed by atoms with Crippen molar-refractivity contribution in [2.75, 3.05) is 17.3 Å². The van der Waals surface area contributed by atoms with E-state index in [9.17, 15) is 13.2 Å². The van der Waals surface area contributed by atoms with Crippen LogP contribution in [0.2, 0.25) is 0 Å². The number of ether oxygens (including phenoxy) is 1. The number of hydrogen-bond acceptors (Lipinski definition) is 4. The van der Waals surface area contributed by atoms with Gasteiger partial charge >= 0.3 is 0 Å². The minimum absolute atomic E-state index is 0.427. The van der Waals surface area contributed by atoms with Crippen LogP contribution in [0.3, 0.4) is 0 Å². The van der Waals surface area contributed by atoms with E-state index in [2.05, 4.69) is 15.9 Å². The zero-order valence-corrected chi connectivity index (χ0v) is 15.4. The maximum atomic E-state index is 12.5. The second-order valence-corrected chi connectivity index (χ2v) is 8.38. The van der Waals surface area contributed by atoms with Crippen LogP contribution in [0, 0.1) is 0 Å². The van der Waals surface area contributed by atoms with E-state index < -0.39 is 26.9 Å². The molecule has 1 amide bonds. The highest BCUT2D eigenvalue weighted by atomic mass is 79.9. The normalized spacial score (nSPS) is 19.5. The van der Waals surface area contributed by atoms with Gasteiger partial charge in [-0.15, -0.1) is 0 Å². The van der Waals surface area contributed by atoms with Gasteiger partial charge in [0.05, 0.1) is 6.61 Å². The number of carbonyl (C=O) groups excluding carboxylic acids is 1. The molecule has 0 N–H and O–H groups in total. The first-order valence-electron chi connectivity index (χ1n) is 7.44. The van der Waals surface area contributed by atoms with Gasteiger partial charge in [0.1, 0.15) is 11.5 Å². The number of sulfone groups is 1. The Kier molecular flexibility index (Phi) is 4.64. The summed E-state index contributed by atoms with van der Waals surface area (Å²) in [5.41, 5.74) is 1.10. The van der Waals surface area contributed by atoms with Gasteiger partial charge in [0.25, 0.3) is 0 Å². The van der Waals surface area contributed by atoms with E-state index in [1.54, 1.807) is 42.5 Å². The molecule has 1 saturated heterocycles. The fraction of sp³-hybridized carbons (Fsp3) is 0.235. The predicted octanol–water partition coefficient (Wildman–Crippen LogP) is 3.31. The summed E-state index contributed by atoms with van der Waals surface area (Å²) in [5, 5.41) is -1.01. The van der Waals surface area contributed by atoms with E-state index in [-0.39, 0.29) is 0 Å². The van der Waals surface area contributed by atoms with Gasteiger partial charge in [-0.3, -0.25) is 9.69 Å². The predicted molar refractivity (Wildman–Crippen MR) is 95.8 cm³/mol. The lowest BCUT2D eigenvalue weighted by Crippen LogP contribution is -2.29. The Balaban J connectivity index is 2.05. The Labute approximate surface area is 149 Å². The van der Waals surface area contributed by atoms with Crippen molar-refractivity contribution in [2.45, 2.75) is 12.3 Å².